The zero-order valence-corrected chi connectivity index (χ0v) is 44.1. The van der Waals surface area contributed by atoms with E-state index in [0.29, 0.717) is 73.1 Å². The van der Waals surface area contributed by atoms with Gasteiger partial charge in [0.25, 0.3) is 20.2 Å². The number of carboxylic acid groups (broad SMARTS) is 1. The molecule has 7 rings (SSSR count). The van der Waals surface area contributed by atoms with E-state index in [4.69, 9.17) is 41.5 Å². The highest BCUT2D eigenvalue weighted by Gasteiger charge is 2.28. The van der Waals surface area contributed by atoms with Crippen LogP contribution in [0.1, 0.15) is 0 Å². The van der Waals surface area contributed by atoms with Crippen LogP contribution >= 0.6 is 0 Å². The minimum absolute atomic E-state index is 0.139. The van der Waals surface area contributed by atoms with E-state index in [1.54, 1.807) is 66.7 Å². The number of nitrogens with one attached hydrogen (secondary N) is 5. The number of aliphatic carboxylic acids is 1. The third kappa shape index (κ3) is 20.3. The number of aromatic nitrogens is 2. The van der Waals surface area contributed by atoms with Gasteiger partial charge in [-0.3, -0.25) is 13.9 Å². The number of H-pyrrole nitrogens is 1. The highest BCUT2D eigenvalue weighted by molar-refractivity contribution is 7.86. The number of hydrogen-bond acceptors (Lipinski definition) is 25. The van der Waals surface area contributed by atoms with Crippen LogP contribution in [0.25, 0.3) is 33.2 Å². The fourth-order valence-electron chi connectivity index (χ4n) is 6.55. The Balaban J connectivity index is 0.000000555. The van der Waals surface area contributed by atoms with Crippen molar-refractivity contribution in [2.24, 2.45) is 30.7 Å². The van der Waals surface area contributed by atoms with E-state index < -0.39 is 58.8 Å². The van der Waals surface area contributed by atoms with Gasteiger partial charge in [-0.1, -0.05) is 18.2 Å². The number of aromatic hydroxyl groups is 2. The van der Waals surface area contributed by atoms with Gasteiger partial charge in [0.1, 0.15) is 45.0 Å². The van der Waals surface area contributed by atoms with Crippen LogP contribution in [0, 0.1) is 0 Å². The Morgan fingerprint density at radius 3 is 1.56 bits per heavy atom. The number of anilines is 2. The van der Waals surface area contributed by atoms with E-state index in [1.807, 2.05) is 0 Å². The Kier molecular flexibility index (Phi) is 26.4. The number of aromatic amines is 1. The van der Waals surface area contributed by atoms with Crippen LogP contribution in [0.4, 0.5) is 45.5 Å². The summed E-state index contributed by atoms with van der Waals surface area (Å²) in [6.45, 7) is 3.93. The molecular formula is C49H61N13O16S2. The van der Waals surface area contributed by atoms with E-state index in [-0.39, 0.29) is 79.8 Å². The Labute approximate surface area is 457 Å². The number of fused-ring (bicyclic) bond motifs is 2. The van der Waals surface area contributed by atoms with Crippen LogP contribution < -0.4 is 27.0 Å². The summed E-state index contributed by atoms with van der Waals surface area (Å²) in [5.41, 5.74) is 7.80. The van der Waals surface area contributed by atoms with Gasteiger partial charge in [0.2, 0.25) is 0 Å². The molecule has 0 amide bonds. The molecule has 6 aromatic carbocycles. The molecule has 0 aliphatic carbocycles. The number of nitrogen functional groups attached to an aromatic ring is 1. The van der Waals surface area contributed by atoms with Gasteiger partial charge in [0.05, 0.1) is 78.8 Å². The van der Waals surface area contributed by atoms with Gasteiger partial charge in [-0.25, -0.2) is 4.98 Å². The van der Waals surface area contributed by atoms with E-state index in [0.717, 1.165) is 12.1 Å². The Morgan fingerprint density at radius 1 is 0.575 bits per heavy atom. The van der Waals surface area contributed by atoms with Crippen molar-refractivity contribution in [1.82, 2.24) is 25.9 Å². The summed E-state index contributed by atoms with van der Waals surface area (Å²) in [6.07, 6.45) is 0. The average molecular weight is 1150 g/mol. The monoisotopic (exact) mass is 1150 g/mol. The molecule has 1 aromatic heterocycles. The summed E-state index contributed by atoms with van der Waals surface area (Å²) in [5.74, 6) is -1.67. The van der Waals surface area contributed by atoms with Crippen LogP contribution in [-0.2, 0) is 25.0 Å². The van der Waals surface area contributed by atoms with Gasteiger partial charge in [0.15, 0.2) is 5.75 Å². The molecule has 31 heteroatoms. The third-order valence-corrected chi connectivity index (χ3v) is 11.9. The third-order valence-electron chi connectivity index (χ3n) is 10.2. The number of phenolic OH excluding ortho intramolecular Hbond substituents is 2. The number of benzene rings is 6. The molecule has 7 aromatic rings. The molecule has 0 bridgehead atoms. The molecule has 18 N–H and O–H groups in total. The Hall–Kier alpha value is -8.02. The van der Waals surface area contributed by atoms with Gasteiger partial charge in [0, 0.05) is 56.6 Å². The number of carbonyl (C=O) groups is 1. The molecule has 80 heavy (non-hydrogen) atoms. The second-order valence-corrected chi connectivity index (χ2v) is 18.8. The molecule has 0 radical (unpaired) electrons. The molecule has 0 atom stereocenters. The second-order valence-electron chi connectivity index (χ2n) is 16.1. The van der Waals surface area contributed by atoms with Gasteiger partial charge in [-0.2, -0.15) is 32.2 Å². The summed E-state index contributed by atoms with van der Waals surface area (Å²) in [7, 11) is -10.1. The maximum absolute atomic E-state index is 12.5. The van der Waals surface area contributed by atoms with Crippen LogP contribution in [0.5, 0.6) is 11.5 Å². The minimum Gasteiger partial charge on any atom is -0.506 e. The van der Waals surface area contributed by atoms with Crippen molar-refractivity contribution in [1.29, 1.82) is 0 Å². The number of nitrogens with two attached hydrogens (primary N) is 1. The zero-order valence-electron chi connectivity index (χ0n) is 42.5. The molecule has 0 unspecified atom stereocenters. The lowest BCUT2D eigenvalue weighted by Gasteiger charge is -2.14. The lowest BCUT2D eigenvalue weighted by Crippen LogP contribution is -2.21. The van der Waals surface area contributed by atoms with Crippen molar-refractivity contribution in [3.8, 4) is 22.9 Å². The van der Waals surface area contributed by atoms with Crippen LogP contribution in [0.2, 0.25) is 0 Å². The Morgan fingerprint density at radius 2 is 1.06 bits per heavy atom. The highest BCUT2D eigenvalue weighted by Crippen LogP contribution is 2.48. The first-order chi connectivity index (χ1) is 38.3. The molecule has 0 aliphatic heterocycles. The number of hydrogen-bond donors (Lipinski definition) is 17. The summed E-state index contributed by atoms with van der Waals surface area (Å²) in [5, 5.41) is 114. The number of nitrogens with zero attached hydrogens (tertiary/aromatic N) is 7. The minimum atomic E-state index is -5.08. The van der Waals surface area contributed by atoms with Crippen molar-refractivity contribution in [3.63, 3.8) is 0 Å². The second kappa shape index (κ2) is 32.8. The number of phenols is 2. The number of carboxylic acids is 1. The average Bonchev–Trinajstić information content (AvgIpc) is 3.87. The van der Waals surface area contributed by atoms with Crippen molar-refractivity contribution in [2.75, 3.05) is 96.5 Å². The van der Waals surface area contributed by atoms with Gasteiger partial charge >= 0.3 is 5.97 Å². The molecule has 0 aliphatic rings. The van der Waals surface area contributed by atoms with Crippen LogP contribution in [0.3, 0.4) is 0 Å². The number of rotatable bonds is 24. The molecule has 430 valence electrons. The highest BCUT2D eigenvalue weighted by atomic mass is 32.2. The Bertz CT molecular complexity index is 3390. The quantitative estimate of drug-likeness (QED) is 0.0174. The molecule has 0 fully saturated rings. The van der Waals surface area contributed by atoms with E-state index in [9.17, 15) is 40.9 Å². The van der Waals surface area contributed by atoms with Crippen LogP contribution in [0.15, 0.2) is 144 Å². The molecule has 1 heterocycles. The lowest BCUT2D eigenvalue weighted by atomic mass is 10.1. The first-order valence-corrected chi connectivity index (χ1v) is 26.7. The van der Waals surface area contributed by atoms with Crippen molar-refractivity contribution >= 4 is 93.5 Å². The lowest BCUT2D eigenvalue weighted by molar-refractivity contribution is -0.134. The number of aliphatic hydroxyl groups excluding tert-OH is 6. The topological polar surface area (TPSA) is 485 Å². The maximum Gasteiger partial charge on any atom is 0.322 e. The first kappa shape index (κ1) is 64.5. The summed E-state index contributed by atoms with van der Waals surface area (Å²) < 4.78 is 69.7. The van der Waals surface area contributed by atoms with E-state index in [2.05, 4.69) is 61.9 Å². The number of aliphatic hydroxyl groups is 6. The largest absolute Gasteiger partial charge is 0.506 e. The summed E-state index contributed by atoms with van der Waals surface area (Å²) in [4.78, 5) is 16.8. The van der Waals surface area contributed by atoms with Crippen molar-refractivity contribution in [2.45, 2.75) is 9.79 Å². The smallest absolute Gasteiger partial charge is 0.322 e. The molecule has 29 nitrogen and oxygen atoms in total. The summed E-state index contributed by atoms with van der Waals surface area (Å²) >= 11 is 0. The molecule has 0 saturated carbocycles. The van der Waals surface area contributed by atoms with E-state index >= 15 is 0 Å². The zero-order chi connectivity index (χ0) is 58.7. The van der Waals surface area contributed by atoms with Crippen LogP contribution in [-0.4, -0.2) is 173 Å². The van der Waals surface area contributed by atoms with Crippen molar-refractivity contribution in [3.05, 3.63) is 103 Å². The SMILES string of the molecule is Nc1c(N=Nc2ccc(-c3nc4ccc(N=Nc5ccc(NCC(=O)O)cc5O)cc4[nH]3)cc2)c(S(=O)(=O)O)cc2cc(S(=O)(=O)O)c(N=Nc3ccccc3)c(O)c12.OCCNCCO.OCCNCCO.OCCNCCO. The molecular weight excluding hydrogens is 1090 g/mol. The normalized spacial score (nSPS) is 11.6. The molecule has 0 saturated heterocycles. The number of azo groups is 3. The van der Waals surface area contributed by atoms with Crippen molar-refractivity contribution < 1.29 is 76.7 Å². The fourth-order valence-corrected chi connectivity index (χ4v) is 7.88. The fraction of sp³-hybridized carbons (Fsp3) is 0.265. The van der Waals surface area contributed by atoms with E-state index in [1.165, 1.54) is 24.3 Å². The predicted molar refractivity (Wildman–Crippen MR) is 296 cm³/mol. The maximum atomic E-state index is 12.5. The van der Waals surface area contributed by atoms with Gasteiger partial charge in [-0.05, 0) is 84.2 Å². The summed E-state index contributed by atoms with van der Waals surface area (Å²) in [6, 6.07) is 25.5. The molecule has 0 spiro atoms. The predicted octanol–water partition coefficient (Wildman–Crippen LogP) is 4.29. The first-order valence-electron chi connectivity index (χ1n) is 23.8. The standard InChI is InChI=1S/C37H28N10O10S2.3C4H11NO2/c38-33-32-20(15-30(59(55,56)57)35(36(32)51)47-42-21-4-2-1-3-5-21)14-29(58(52,53)54)34(33)46-43-22-8-6-19(7-9-22)37-40-25-12-11-24(16-27(25)41-37)44-45-26-13-10-23(17-28(26)48)39-18-31(49)50;3*6-3-1-5-2-4-7/h1-17,39,48,51H,18,38H2,(H,40,41)(H,49,50)(H,52,53,54)(H,55,56,57);3*5-7H,1-4H2. The van der Waals surface area contributed by atoms with Gasteiger partial charge in [-0.15, -0.1) is 15.3 Å². The number of imidazole rings is 1. The van der Waals surface area contributed by atoms with Gasteiger partial charge < -0.3 is 77.9 Å².